The van der Waals surface area contributed by atoms with E-state index < -0.39 is 9.84 Å². The topological polar surface area (TPSA) is 43.4 Å². The van der Waals surface area contributed by atoms with E-state index in [4.69, 9.17) is 4.74 Å². The van der Waals surface area contributed by atoms with Crippen LogP contribution >= 0.6 is 0 Å². The zero-order chi connectivity index (χ0) is 9.73. The fourth-order valence-electron chi connectivity index (χ4n) is 1.56. The molecule has 0 aromatic heterocycles. The molecular weight excluding hydrogens is 188 g/mol. The Morgan fingerprint density at radius 2 is 2.15 bits per heavy atom. The SMILES string of the molecule is C=COCC1CCCCCS1(=O)=O. The highest BCUT2D eigenvalue weighted by Gasteiger charge is 2.27. The van der Waals surface area contributed by atoms with Gasteiger partial charge >= 0.3 is 0 Å². The molecule has 76 valence electrons. The summed E-state index contributed by atoms with van der Waals surface area (Å²) >= 11 is 0. The molecule has 0 aromatic rings. The van der Waals surface area contributed by atoms with Crippen molar-refractivity contribution in [2.45, 2.75) is 30.9 Å². The van der Waals surface area contributed by atoms with Gasteiger partial charge in [-0.15, -0.1) is 0 Å². The molecule has 1 fully saturated rings. The third-order valence-electron chi connectivity index (χ3n) is 2.36. The summed E-state index contributed by atoms with van der Waals surface area (Å²) < 4.78 is 28.1. The molecule has 1 unspecified atom stereocenters. The van der Waals surface area contributed by atoms with Crippen LogP contribution in [0.4, 0.5) is 0 Å². The first-order valence-corrected chi connectivity index (χ1v) is 6.32. The number of hydrogen-bond donors (Lipinski definition) is 0. The smallest absolute Gasteiger partial charge is 0.156 e. The minimum atomic E-state index is -2.91. The average Bonchev–Trinajstić information content (AvgIpc) is 2.23. The Morgan fingerprint density at radius 1 is 1.38 bits per heavy atom. The number of hydrogen-bond acceptors (Lipinski definition) is 3. The normalized spacial score (nSPS) is 27.5. The molecule has 1 saturated heterocycles. The maximum atomic E-state index is 11.6. The largest absolute Gasteiger partial charge is 0.500 e. The van der Waals surface area contributed by atoms with E-state index in [-0.39, 0.29) is 11.9 Å². The van der Waals surface area contributed by atoms with Gasteiger partial charge in [-0.05, 0) is 12.8 Å². The lowest BCUT2D eigenvalue weighted by atomic mass is 10.2. The summed E-state index contributed by atoms with van der Waals surface area (Å²) in [5.41, 5.74) is 0. The molecule has 0 amide bonds. The Bertz CT molecular complexity index is 256. The van der Waals surface area contributed by atoms with Crippen LogP contribution in [0.5, 0.6) is 0 Å². The maximum Gasteiger partial charge on any atom is 0.156 e. The van der Waals surface area contributed by atoms with Gasteiger partial charge in [0.25, 0.3) is 0 Å². The van der Waals surface area contributed by atoms with Gasteiger partial charge in [0.15, 0.2) is 9.84 Å². The van der Waals surface area contributed by atoms with Crippen molar-refractivity contribution >= 4 is 9.84 Å². The number of sulfone groups is 1. The Kier molecular flexibility index (Phi) is 3.78. The third kappa shape index (κ3) is 3.03. The lowest BCUT2D eigenvalue weighted by Gasteiger charge is -2.13. The van der Waals surface area contributed by atoms with Crippen LogP contribution in [0.3, 0.4) is 0 Å². The second kappa shape index (κ2) is 4.65. The van der Waals surface area contributed by atoms with Crippen LogP contribution in [0.15, 0.2) is 12.8 Å². The van der Waals surface area contributed by atoms with Gasteiger partial charge in [-0.1, -0.05) is 19.4 Å². The molecule has 4 heteroatoms. The van der Waals surface area contributed by atoms with E-state index in [0.717, 1.165) is 25.7 Å². The van der Waals surface area contributed by atoms with Gasteiger partial charge in [0.2, 0.25) is 0 Å². The zero-order valence-electron chi connectivity index (χ0n) is 7.74. The van der Waals surface area contributed by atoms with Gasteiger partial charge in [-0.25, -0.2) is 8.42 Å². The second-order valence-corrected chi connectivity index (χ2v) is 5.74. The molecule has 3 nitrogen and oxygen atoms in total. The summed E-state index contributed by atoms with van der Waals surface area (Å²) in [6, 6.07) is 0. The van der Waals surface area contributed by atoms with Gasteiger partial charge in [-0.2, -0.15) is 0 Å². The quantitative estimate of drug-likeness (QED) is 0.654. The van der Waals surface area contributed by atoms with Crippen LogP contribution in [-0.4, -0.2) is 26.0 Å². The summed E-state index contributed by atoms with van der Waals surface area (Å²) in [7, 11) is -2.91. The highest BCUT2D eigenvalue weighted by atomic mass is 32.2. The van der Waals surface area contributed by atoms with Crippen molar-refractivity contribution in [2.24, 2.45) is 0 Å². The predicted molar refractivity (Wildman–Crippen MR) is 52.2 cm³/mol. The highest BCUT2D eigenvalue weighted by molar-refractivity contribution is 7.92. The molecule has 0 spiro atoms. The second-order valence-electron chi connectivity index (χ2n) is 3.34. The van der Waals surface area contributed by atoms with E-state index in [9.17, 15) is 8.42 Å². The molecule has 0 aromatic carbocycles. The first-order valence-electron chi connectivity index (χ1n) is 4.61. The monoisotopic (exact) mass is 204 g/mol. The molecule has 1 heterocycles. The van der Waals surface area contributed by atoms with Crippen molar-refractivity contribution in [3.8, 4) is 0 Å². The van der Waals surface area contributed by atoms with Crippen LogP contribution in [0.2, 0.25) is 0 Å². The van der Waals surface area contributed by atoms with E-state index in [2.05, 4.69) is 6.58 Å². The average molecular weight is 204 g/mol. The maximum absolute atomic E-state index is 11.6. The lowest BCUT2D eigenvalue weighted by Crippen LogP contribution is -2.26. The Hall–Kier alpha value is -0.510. The predicted octanol–water partition coefficient (Wildman–Crippen LogP) is 1.50. The van der Waals surface area contributed by atoms with Crippen LogP contribution in [0, 0.1) is 0 Å². The standard InChI is InChI=1S/C9H16O3S/c1-2-12-8-9-6-4-3-5-7-13(9,10)11/h2,9H,1,3-8H2. The van der Waals surface area contributed by atoms with Crippen LogP contribution < -0.4 is 0 Å². The van der Waals surface area contributed by atoms with Gasteiger partial charge in [0.05, 0.1) is 17.3 Å². The highest BCUT2D eigenvalue weighted by Crippen LogP contribution is 2.19. The minimum Gasteiger partial charge on any atom is -0.500 e. The molecule has 1 aliphatic heterocycles. The molecular formula is C9H16O3S. The molecule has 1 rings (SSSR count). The van der Waals surface area contributed by atoms with Crippen molar-refractivity contribution in [3.63, 3.8) is 0 Å². The third-order valence-corrected chi connectivity index (χ3v) is 4.61. The Morgan fingerprint density at radius 3 is 2.85 bits per heavy atom. The minimum absolute atomic E-state index is 0.270. The van der Waals surface area contributed by atoms with Crippen LogP contribution in [0.25, 0.3) is 0 Å². The summed E-state index contributed by atoms with van der Waals surface area (Å²) in [6.07, 6.45) is 4.84. The van der Waals surface area contributed by atoms with Crippen LogP contribution in [-0.2, 0) is 14.6 Å². The number of ether oxygens (including phenoxy) is 1. The van der Waals surface area contributed by atoms with Crippen molar-refractivity contribution in [1.82, 2.24) is 0 Å². The fourth-order valence-corrected chi connectivity index (χ4v) is 3.31. The molecule has 0 aliphatic carbocycles. The summed E-state index contributed by atoms with van der Waals surface area (Å²) in [5, 5.41) is -0.312. The first kappa shape index (κ1) is 10.6. The van der Waals surface area contributed by atoms with Gasteiger partial charge in [0.1, 0.15) is 6.61 Å². The summed E-state index contributed by atoms with van der Waals surface area (Å²) in [6.45, 7) is 3.67. The fraction of sp³-hybridized carbons (Fsp3) is 0.778. The van der Waals surface area contributed by atoms with Crippen molar-refractivity contribution in [2.75, 3.05) is 12.4 Å². The molecule has 13 heavy (non-hydrogen) atoms. The van der Waals surface area contributed by atoms with Gasteiger partial charge < -0.3 is 4.74 Å². The summed E-state index contributed by atoms with van der Waals surface area (Å²) in [5.74, 6) is 0.318. The molecule has 0 bridgehead atoms. The molecule has 0 N–H and O–H groups in total. The van der Waals surface area contributed by atoms with Crippen molar-refractivity contribution in [1.29, 1.82) is 0 Å². The number of rotatable bonds is 3. The van der Waals surface area contributed by atoms with E-state index in [0.29, 0.717) is 5.75 Å². The van der Waals surface area contributed by atoms with E-state index in [1.54, 1.807) is 0 Å². The lowest BCUT2D eigenvalue weighted by molar-refractivity contribution is 0.244. The Balaban J connectivity index is 2.61. The van der Waals surface area contributed by atoms with E-state index in [1.807, 2.05) is 0 Å². The molecule has 1 aliphatic rings. The van der Waals surface area contributed by atoms with Crippen molar-refractivity contribution < 1.29 is 13.2 Å². The van der Waals surface area contributed by atoms with Gasteiger partial charge in [-0.3, -0.25) is 0 Å². The van der Waals surface area contributed by atoms with Gasteiger partial charge in [0, 0.05) is 0 Å². The first-order chi connectivity index (χ1) is 6.17. The van der Waals surface area contributed by atoms with E-state index >= 15 is 0 Å². The molecule has 0 saturated carbocycles. The molecule has 0 radical (unpaired) electrons. The van der Waals surface area contributed by atoms with E-state index in [1.165, 1.54) is 6.26 Å². The van der Waals surface area contributed by atoms with Crippen molar-refractivity contribution in [3.05, 3.63) is 12.8 Å². The Labute approximate surface area is 79.7 Å². The molecule has 1 atom stereocenters. The summed E-state index contributed by atoms with van der Waals surface area (Å²) in [4.78, 5) is 0. The van der Waals surface area contributed by atoms with Crippen LogP contribution in [0.1, 0.15) is 25.7 Å². The zero-order valence-corrected chi connectivity index (χ0v) is 8.55.